The minimum absolute atomic E-state index is 0.129. The maximum Gasteiger partial charge on any atom is 0.325 e. The molecule has 0 aliphatic rings. The summed E-state index contributed by atoms with van der Waals surface area (Å²) in [5, 5.41) is 7.46. The molecule has 3 aromatic rings. The molecular weight excluding hydrogens is 509 g/mol. The zero-order valence-corrected chi connectivity index (χ0v) is 22.8. The molecule has 0 saturated heterocycles. The minimum Gasteiger partial charge on any atom is -0.391 e. The van der Waals surface area contributed by atoms with Crippen molar-refractivity contribution in [1.29, 1.82) is 0 Å². The second-order valence-corrected chi connectivity index (χ2v) is 11.4. The maximum atomic E-state index is 14.0. The molecule has 204 valence electrons. The predicted molar refractivity (Wildman–Crippen MR) is 146 cm³/mol. The SMILES string of the molecule is CC(=NOCc1ccc(CNCCCP(=O)(O)O)cc1)C(Cc1ccc(C)c(C)c1)c1cc(F)cc(F)c1. The highest BCUT2D eigenvalue weighted by molar-refractivity contribution is 7.51. The van der Waals surface area contributed by atoms with Gasteiger partial charge in [-0.3, -0.25) is 4.57 Å². The molecule has 3 N–H and O–H groups in total. The molecule has 0 amide bonds. The van der Waals surface area contributed by atoms with Crippen LogP contribution in [0.2, 0.25) is 0 Å². The fourth-order valence-electron chi connectivity index (χ4n) is 4.12. The van der Waals surface area contributed by atoms with E-state index in [-0.39, 0.29) is 18.7 Å². The van der Waals surface area contributed by atoms with Gasteiger partial charge in [0.05, 0.1) is 11.9 Å². The molecule has 0 bridgehead atoms. The largest absolute Gasteiger partial charge is 0.391 e. The molecule has 1 unspecified atom stereocenters. The first-order chi connectivity index (χ1) is 18.0. The molecule has 0 fully saturated rings. The van der Waals surface area contributed by atoms with Crippen molar-refractivity contribution in [3.8, 4) is 0 Å². The minimum atomic E-state index is -3.95. The van der Waals surface area contributed by atoms with Gasteiger partial charge in [-0.2, -0.15) is 0 Å². The van der Waals surface area contributed by atoms with Crippen LogP contribution in [-0.2, 0) is 29.0 Å². The molecule has 0 radical (unpaired) electrons. The molecule has 0 saturated carbocycles. The lowest BCUT2D eigenvalue weighted by Crippen LogP contribution is -2.15. The van der Waals surface area contributed by atoms with E-state index in [0.29, 0.717) is 37.2 Å². The van der Waals surface area contributed by atoms with Gasteiger partial charge in [0.2, 0.25) is 0 Å². The number of nitrogens with zero attached hydrogens (tertiary/aromatic N) is 1. The first-order valence-corrected chi connectivity index (χ1v) is 14.3. The van der Waals surface area contributed by atoms with Gasteiger partial charge in [0, 0.05) is 18.5 Å². The van der Waals surface area contributed by atoms with E-state index in [0.717, 1.165) is 28.3 Å². The Morgan fingerprint density at radius 2 is 1.58 bits per heavy atom. The number of hydrogen-bond acceptors (Lipinski definition) is 4. The molecule has 6 nitrogen and oxygen atoms in total. The highest BCUT2D eigenvalue weighted by Gasteiger charge is 2.19. The van der Waals surface area contributed by atoms with E-state index in [1.54, 1.807) is 6.92 Å². The van der Waals surface area contributed by atoms with E-state index in [4.69, 9.17) is 14.6 Å². The lowest BCUT2D eigenvalue weighted by Gasteiger charge is -2.18. The summed E-state index contributed by atoms with van der Waals surface area (Å²) in [4.78, 5) is 23.4. The van der Waals surface area contributed by atoms with Crippen molar-refractivity contribution in [2.45, 2.75) is 52.7 Å². The van der Waals surface area contributed by atoms with Crippen LogP contribution in [0, 0.1) is 25.5 Å². The molecule has 0 aliphatic heterocycles. The highest BCUT2D eigenvalue weighted by atomic mass is 31.2. The second-order valence-electron chi connectivity index (χ2n) is 9.62. The van der Waals surface area contributed by atoms with Gasteiger partial charge in [0.25, 0.3) is 0 Å². The van der Waals surface area contributed by atoms with Crippen LogP contribution in [0.1, 0.15) is 52.6 Å². The van der Waals surface area contributed by atoms with Gasteiger partial charge >= 0.3 is 7.60 Å². The molecule has 3 aromatic carbocycles. The Morgan fingerprint density at radius 1 is 0.947 bits per heavy atom. The van der Waals surface area contributed by atoms with Gasteiger partial charge in [-0.15, -0.1) is 0 Å². The summed E-state index contributed by atoms with van der Waals surface area (Å²) in [6, 6.07) is 17.4. The zero-order valence-electron chi connectivity index (χ0n) is 22.0. The van der Waals surface area contributed by atoms with Crippen molar-refractivity contribution >= 4 is 13.3 Å². The van der Waals surface area contributed by atoms with Crippen LogP contribution >= 0.6 is 7.60 Å². The van der Waals surface area contributed by atoms with E-state index in [1.165, 1.54) is 17.7 Å². The monoisotopic (exact) mass is 544 g/mol. The van der Waals surface area contributed by atoms with E-state index in [9.17, 15) is 13.3 Å². The Hall–Kier alpha value is -2.90. The Kier molecular flexibility index (Phi) is 10.7. The average Bonchev–Trinajstić information content (AvgIpc) is 2.84. The summed E-state index contributed by atoms with van der Waals surface area (Å²) in [6.45, 7) is 7.22. The number of halogens is 2. The van der Waals surface area contributed by atoms with Crippen LogP contribution in [0.25, 0.3) is 0 Å². The summed E-state index contributed by atoms with van der Waals surface area (Å²) in [7, 11) is -3.95. The Morgan fingerprint density at radius 3 is 2.21 bits per heavy atom. The van der Waals surface area contributed by atoms with Crippen LogP contribution in [0.3, 0.4) is 0 Å². The maximum absolute atomic E-state index is 14.0. The van der Waals surface area contributed by atoms with Crippen molar-refractivity contribution < 1.29 is 28.0 Å². The summed E-state index contributed by atoms with van der Waals surface area (Å²) in [5.74, 6) is -1.62. The first-order valence-electron chi connectivity index (χ1n) is 12.5. The van der Waals surface area contributed by atoms with E-state index in [2.05, 4.69) is 16.5 Å². The van der Waals surface area contributed by atoms with E-state index in [1.807, 2.05) is 50.2 Å². The van der Waals surface area contributed by atoms with Crippen LogP contribution in [-0.4, -0.2) is 28.2 Å². The highest BCUT2D eigenvalue weighted by Crippen LogP contribution is 2.34. The third-order valence-corrected chi connectivity index (χ3v) is 7.30. The summed E-state index contributed by atoms with van der Waals surface area (Å²) in [5.41, 5.74) is 6.44. The quantitative estimate of drug-likeness (QED) is 0.104. The Balaban J connectivity index is 1.62. The van der Waals surface area contributed by atoms with Crippen LogP contribution in [0.4, 0.5) is 8.78 Å². The van der Waals surface area contributed by atoms with Crippen molar-refractivity contribution in [3.05, 3.63) is 106 Å². The lowest BCUT2D eigenvalue weighted by molar-refractivity contribution is 0.129. The number of aryl methyl sites for hydroxylation is 2. The number of nitrogens with one attached hydrogen (secondary N) is 1. The van der Waals surface area contributed by atoms with Gasteiger partial charge in [0.15, 0.2) is 0 Å². The molecule has 0 aromatic heterocycles. The van der Waals surface area contributed by atoms with Crippen LogP contribution in [0.15, 0.2) is 65.8 Å². The van der Waals surface area contributed by atoms with E-state index >= 15 is 0 Å². The Bertz CT molecular complexity index is 1270. The van der Waals surface area contributed by atoms with E-state index < -0.39 is 19.2 Å². The van der Waals surface area contributed by atoms with Gasteiger partial charge < -0.3 is 19.9 Å². The number of oxime groups is 1. The summed E-state index contributed by atoms with van der Waals surface area (Å²) < 4.78 is 38.9. The zero-order chi connectivity index (χ0) is 27.7. The lowest BCUT2D eigenvalue weighted by atomic mass is 9.87. The first kappa shape index (κ1) is 29.7. The van der Waals surface area contributed by atoms with Crippen molar-refractivity contribution in [2.24, 2.45) is 5.16 Å². The molecule has 3 rings (SSSR count). The number of benzene rings is 3. The molecule has 0 aliphatic carbocycles. The number of rotatable bonds is 13. The molecule has 38 heavy (non-hydrogen) atoms. The van der Waals surface area contributed by atoms with Crippen LogP contribution < -0.4 is 5.32 Å². The van der Waals surface area contributed by atoms with Crippen molar-refractivity contribution in [3.63, 3.8) is 0 Å². The predicted octanol–water partition coefficient (Wildman–Crippen LogP) is 6.16. The van der Waals surface area contributed by atoms with Crippen LogP contribution in [0.5, 0.6) is 0 Å². The molecule has 0 heterocycles. The smallest absolute Gasteiger partial charge is 0.325 e. The molecule has 1 atom stereocenters. The fraction of sp³-hybridized carbons (Fsp3) is 0.345. The topological polar surface area (TPSA) is 91.2 Å². The number of hydrogen-bond donors (Lipinski definition) is 3. The van der Waals surface area contributed by atoms with Crippen molar-refractivity contribution in [2.75, 3.05) is 12.7 Å². The van der Waals surface area contributed by atoms with Gasteiger partial charge in [0.1, 0.15) is 18.2 Å². The second kappa shape index (κ2) is 13.8. The third-order valence-electron chi connectivity index (χ3n) is 6.40. The molecule has 9 heteroatoms. The summed E-state index contributed by atoms with van der Waals surface area (Å²) in [6.07, 6.45) is 0.800. The Labute approximate surface area is 222 Å². The van der Waals surface area contributed by atoms with Gasteiger partial charge in [-0.1, -0.05) is 47.6 Å². The molecule has 0 spiro atoms. The van der Waals surface area contributed by atoms with Crippen molar-refractivity contribution in [1.82, 2.24) is 5.32 Å². The standard InChI is InChI=1S/C29H35F2N2O4P/c1-20-5-6-25(13-21(20)2)14-29(26-15-27(30)17-28(31)16-26)22(3)33-37-19-24-9-7-23(8-10-24)18-32-11-4-12-38(34,35)36/h5-10,13,15-17,29,32H,4,11-12,14,18-19H2,1-3H3,(H2,34,35,36). The fourth-order valence-corrected chi connectivity index (χ4v) is 4.69. The normalized spacial score (nSPS) is 13.0. The molecular formula is C29H35F2N2O4P. The summed E-state index contributed by atoms with van der Waals surface area (Å²) >= 11 is 0. The van der Waals surface area contributed by atoms with Gasteiger partial charge in [-0.25, -0.2) is 8.78 Å². The van der Waals surface area contributed by atoms with Gasteiger partial charge in [-0.05, 0) is 85.7 Å². The average molecular weight is 545 g/mol. The third kappa shape index (κ3) is 9.76.